The Morgan fingerprint density at radius 1 is 1.04 bits per heavy atom. The van der Waals surface area contributed by atoms with E-state index in [9.17, 15) is 9.18 Å². The third-order valence-corrected chi connectivity index (χ3v) is 3.73. The van der Waals surface area contributed by atoms with Crippen molar-refractivity contribution in [1.29, 1.82) is 0 Å². The van der Waals surface area contributed by atoms with Crippen molar-refractivity contribution in [2.45, 2.75) is 13.8 Å². The minimum atomic E-state index is -0.554. The first-order valence-corrected chi connectivity index (χ1v) is 8.57. The molecular formula is C20H20FN5O. The predicted molar refractivity (Wildman–Crippen MR) is 105 cm³/mol. The quantitative estimate of drug-likeness (QED) is 0.605. The fourth-order valence-electron chi connectivity index (χ4n) is 2.51. The standard InChI is InChI=1S/C20H20FN5O/c1-3-22-18-12-13(2)23-20(26-18)25-15-10-8-14(9-11-15)24-19(27)16-6-4-5-7-17(16)21/h4-12H,3H2,1-2H3,(H,24,27)(H2,22,23,25,26). The summed E-state index contributed by atoms with van der Waals surface area (Å²) >= 11 is 0. The predicted octanol–water partition coefficient (Wildman–Crippen LogP) is 4.35. The fraction of sp³-hybridized carbons (Fsp3) is 0.150. The monoisotopic (exact) mass is 365 g/mol. The smallest absolute Gasteiger partial charge is 0.258 e. The highest BCUT2D eigenvalue weighted by Gasteiger charge is 2.11. The molecule has 2 aromatic carbocycles. The molecule has 138 valence electrons. The van der Waals surface area contributed by atoms with Crippen molar-refractivity contribution in [3.8, 4) is 0 Å². The van der Waals surface area contributed by atoms with Gasteiger partial charge in [0.05, 0.1) is 5.56 Å². The van der Waals surface area contributed by atoms with Crippen LogP contribution >= 0.6 is 0 Å². The maximum absolute atomic E-state index is 13.7. The van der Waals surface area contributed by atoms with Crippen molar-refractivity contribution >= 4 is 29.0 Å². The van der Waals surface area contributed by atoms with Crippen molar-refractivity contribution in [3.05, 3.63) is 71.7 Å². The molecule has 3 aromatic rings. The maximum atomic E-state index is 13.7. The van der Waals surface area contributed by atoms with Gasteiger partial charge in [0.25, 0.3) is 5.91 Å². The number of anilines is 4. The Labute approximate surface area is 156 Å². The molecule has 7 heteroatoms. The molecule has 0 radical (unpaired) electrons. The molecule has 0 unspecified atom stereocenters. The van der Waals surface area contributed by atoms with E-state index in [0.29, 0.717) is 11.6 Å². The van der Waals surface area contributed by atoms with Gasteiger partial charge in [-0.1, -0.05) is 12.1 Å². The molecule has 0 spiro atoms. The van der Waals surface area contributed by atoms with Gasteiger partial charge in [0.15, 0.2) is 0 Å². The first kappa shape index (κ1) is 18.3. The minimum Gasteiger partial charge on any atom is -0.370 e. The van der Waals surface area contributed by atoms with Gasteiger partial charge in [-0.15, -0.1) is 0 Å². The highest BCUT2D eigenvalue weighted by atomic mass is 19.1. The highest BCUT2D eigenvalue weighted by molar-refractivity contribution is 6.04. The molecule has 0 fully saturated rings. The lowest BCUT2D eigenvalue weighted by molar-refractivity contribution is 0.102. The Morgan fingerprint density at radius 3 is 2.44 bits per heavy atom. The second-order valence-corrected chi connectivity index (χ2v) is 5.88. The van der Waals surface area contributed by atoms with Crippen LogP contribution in [0.25, 0.3) is 0 Å². The normalized spacial score (nSPS) is 10.3. The lowest BCUT2D eigenvalue weighted by Gasteiger charge is -2.10. The molecule has 0 aliphatic heterocycles. The van der Waals surface area contributed by atoms with E-state index in [0.717, 1.165) is 23.7 Å². The van der Waals surface area contributed by atoms with Crippen molar-refractivity contribution in [3.63, 3.8) is 0 Å². The van der Waals surface area contributed by atoms with Crippen molar-refractivity contribution in [2.75, 3.05) is 22.5 Å². The Morgan fingerprint density at radius 2 is 1.74 bits per heavy atom. The van der Waals surface area contributed by atoms with Crippen LogP contribution in [0.1, 0.15) is 23.0 Å². The number of rotatable bonds is 6. The summed E-state index contributed by atoms with van der Waals surface area (Å²) in [5.74, 6) is 0.183. The van der Waals surface area contributed by atoms with E-state index in [1.165, 1.54) is 12.1 Å². The molecule has 6 nitrogen and oxygen atoms in total. The Bertz CT molecular complexity index is 943. The first-order valence-electron chi connectivity index (χ1n) is 8.57. The molecule has 1 aromatic heterocycles. The van der Waals surface area contributed by atoms with Crippen LogP contribution in [-0.2, 0) is 0 Å². The number of hydrogen-bond acceptors (Lipinski definition) is 5. The molecule has 0 bridgehead atoms. The zero-order chi connectivity index (χ0) is 19.2. The summed E-state index contributed by atoms with van der Waals surface area (Å²) < 4.78 is 13.7. The molecule has 0 aliphatic carbocycles. The number of carbonyl (C=O) groups excluding carboxylic acids is 1. The Kier molecular flexibility index (Phi) is 5.61. The van der Waals surface area contributed by atoms with Crippen molar-refractivity contribution < 1.29 is 9.18 Å². The molecule has 0 aliphatic rings. The number of benzene rings is 2. The topological polar surface area (TPSA) is 78.9 Å². The van der Waals surface area contributed by atoms with Crippen LogP contribution in [0.2, 0.25) is 0 Å². The van der Waals surface area contributed by atoms with Gasteiger partial charge in [-0.3, -0.25) is 4.79 Å². The molecular weight excluding hydrogens is 345 g/mol. The van der Waals surface area contributed by atoms with E-state index in [1.807, 2.05) is 19.9 Å². The third kappa shape index (κ3) is 4.78. The van der Waals surface area contributed by atoms with Crippen LogP contribution in [0.3, 0.4) is 0 Å². The largest absolute Gasteiger partial charge is 0.370 e. The fourth-order valence-corrected chi connectivity index (χ4v) is 2.51. The molecule has 27 heavy (non-hydrogen) atoms. The van der Waals surface area contributed by atoms with Crippen molar-refractivity contribution in [1.82, 2.24) is 9.97 Å². The molecule has 3 rings (SSSR count). The summed E-state index contributed by atoms with van der Waals surface area (Å²) in [7, 11) is 0. The molecule has 0 saturated carbocycles. The van der Waals surface area contributed by atoms with Crippen molar-refractivity contribution in [2.24, 2.45) is 0 Å². The van der Waals surface area contributed by atoms with Gasteiger partial charge in [-0.25, -0.2) is 9.37 Å². The minimum absolute atomic E-state index is 0.00353. The van der Waals surface area contributed by atoms with Gasteiger partial charge in [0.2, 0.25) is 5.95 Å². The van der Waals surface area contributed by atoms with Crippen LogP contribution < -0.4 is 16.0 Å². The Balaban J connectivity index is 1.69. The van der Waals surface area contributed by atoms with Gasteiger partial charge in [0, 0.05) is 29.7 Å². The van der Waals surface area contributed by atoms with E-state index in [1.54, 1.807) is 36.4 Å². The summed E-state index contributed by atoms with van der Waals surface area (Å²) in [5.41, 5.74) is 2.18. The van der Waals surface area contributed by atoms with Gasteiger partial charge in [-0.2, -0.15) is 4.98 Å². The maximum Gasteiger partial charge on any atom is 0.258 e. The summed E-state index contributed by atoms with van der Waals surface area (Å²) in [6, 6.07) is 14.8. The third-order valence-electron chi connectivity index (χ3n) is 3.73. The average molecular weight is 365 g/mol. The van der Waals surface area contributed by atoms with Gasteiger partial charge >= 0.3 is 0 Å². The molecule has 1 amide bonds. The Hall–Kier alpha value is -3.48. The lowest BCUT2D eigenvalue weighted by atomic mass is 10.2. The molecule has 1 heterocycles. The molecule has 0 atom stereocenters. The first-order chi connectivity index (χ1) is 13.0. The lowest BCUT2D eigenvalue weighted by Crippen LogP contribution is -2.13. The number of hydrogen-bond donors (Lipinski definition) is 3. The van der Waals surface area contributed by atoms with Gasteiger partial charge in [0.1, 0.15) is 11.6 Å². The number of amides is 1. The van der Waals surface area contributed by atoms with Crippen LogP contribution in [-0.4, -0.2) is 22.4 Å². The van der Waals surface area contributed by atoms with Gasteiger partial charge < -0.3 is 16.0 Å². The summed E-state index contributed by atoms with van der Waals surface area (Å²) in [5, 5.41) is 8.96. The molecule has 0 saturated heterocycles. The van der Waals surface area contributed by atoms with E-state index < -0.39 is 11.7 Å². The highest BCUT2D eigenvalue weighted by Crippen LogP contribution is 2.19. The summed E-state index contributed by atoms with van der Waals surface area (Å²) in [6.07, 6.45) is 0. The van der Waals surface area contributed by atoms with E-state index in [2.05, 4.69) is 25.9 Å². The van der Waals surface area contributed by atoms with Crippen LogP contribution in [0, 0.1) is 12.7 Å². The second-order valence-electron chi connectivity index (χ2n) is 5.88. The number of nitrogens with zero attached hydrogens (tertiary/aromatic N) is 2. The van der Waals surface area contributed by atoms with Crippen LogP contribution in [0.4, 0.5) is 27.5 Å². The van der Waals surface area contributed by atoms with E-state index in [4.69, 9.17) is 0 Å². The van der Waals surface area contributed by atoms with E-state index in [-0.39, 0.29) is 5.56 Å². The molecule has 3 N–H and O–H groups in total. The second kappa shape index (κ2) is 8.27. The SMILES string of the molecule is CCNc1cc(C)nc(Nc2ccc(NC(=O)c3ccccc3F)cc2)n1. The number of halogens is 1. The summed E-state index contributed by atoms with van der Waals surface area (Å²) in [4.78, 5) is 20.9. The van der Waals surface area contributed by atoms with Crippen LogP contribution in [0.15, 0.2) is 54.6 Å². The van der Waals surface area contributed by atoms with Gasteiger partial charge in [-0.05, 0) is 50.2 Å². The number of aromatic nitrogens is 2. The average Bonchev–Trinajstić information content (AvgIpc) is 2.63. The van der Waals surface area contributed by atoms with E-state index >= 15 is 0 Å². The van der Waals surface area contributed by atoms with Crippen LogP contribution in [0.5, 0.6) is 0 Å². The zero-order valence-corrected chi connectivity index (χ0v) is 15.1. The number of carbonyl (C=O) groups is 1. The zero-order valence-electron chi connectivity index (χ0n) is 15.1. The summed E-state index contributed by atoms with van der Waals surface area (Å²) in [6.45, 7) is 4.67. The number of aryl methyl sites for hydroxylation is 1. The number of nitrogens with one attached hydrogen (secondary N) is 3.